The number of nitrogens with zero attached hydrogens (tertiary/aromatic N) is 3. The summed E-state index contributed by atoms with van der Waals surface area (Å²) in [4.78, 5) is 11.8. The summed E-state index contributed by atoms with van der Waals surface area (Å²) in [6.07, 6.45) is 2.76. The SMILES string of the molecule is CC(Cl)Oc1cc(N)cc(N)c1-c1ncncn1. The molecule has 0 aliphatic carbocycles. The van der Waals surface area contributed by atoms with Gasteiger partial charge in [0.15, 0.2) is 11.4 Å². The lowest BCUT2D eigenvalue weighted by atomic mass is 10.1. The number of nitrogens with two attached hydrogens (primary N) is 2. The molecule has 7 heteroatoms. The van der Waals surface area contributed by atoms with Crippen molar-refractivity contribution in [2.75, 3.05) is 11.5 Å². The van der Waals surface area contributed by atoms with Gasteiger partial charge in [0.05, 0.1) is 5.56 Å². The number of halogens is 1. The smallest absolute Gasteiger partial charge is 0.169 e. The summed E-state index contributed by atoms with van der Waals surface area (Å²) in [7, 11) is 0. The monoisotopic (exact) mass is 265 g/mol. The highest BCUT2D eigenvalue weighted by molar-refractivity contribution is 6.19. The Labute approximate surface area is 109 Å². The van der Waals surface area contributed by atoms with Gasteiger partial charge in [-0.2, -0.15) is 0 Å². The third kappa shape index (κ3) is 2.60. The molecule has 0 saturated heterocycles. The molecule has 94 valence electrons. The van der Waals surface area contributed by atoms with E-state index in [0.717, 1.165) is 0 Å². The van der Waals surface area contributed by atoms with Crippen molar-refractivity contribution in [3.8, 4) is 17.1 Å². The van der Waals surface area contributed by atoms with Gasteiger partial charge in [-0.3, -0.25) is 0 Å². The van der Waals surface area contributed by atoms with Gasteiger partial charge in [0.1, 0.15) is 18.4 Å². The van der Waals surface area contributed by atoms with Crippen molar-refractivity contribution in [3.05, 3.63) is 24.8 Å². The number of hydrogen-bond acceptors (Lipinski definition) is 6. The minimum absolute atomic E-state index is 0.412. The number of aromatic nitrogens is 3. The van der Waals surface area contributed by atoms with Crippen LogP contribution in [-0.2, 0) is 0 Å². The Morgan fingerprint density at radius 2 is 1.89 bits per heavy atom. The Bertz CT molecular complexity index is 547. The zero-order valence-electron chi connectivity index (χ0n) is 9.67. The molecule has 18 heavy (non-hydrogen) atoms. The van der Waals surface area contributed by atoms with E-state index in [0.29, 0.717) is 28.5 Å². The van der Waals surface area contributed by atoms with E-state index in [-0.39, 0.29) is 0 Å². The molecule has 0 amide bonds. The summed E-state index contributed by atoms with van der Waals surface area (Å²) in [5, 5.41) is 0. The summed E-state index contributed by atoms with van der Waals surface area (Å²) in [5.74, 6) is 0.857. The van der Waals surface area contributed by atoms with Crippen LogP contribution in [0.3, 0.4) is 0 Å². The topological polar surface area (TPSA) is 99.9 Å². The first-order chi connectivity index (χ1) is 8.58. The highest BCUT2D eigenvalue weighted by Crippen LogP contribution is 2.36. The molecular weight excluding hydrogens is 254 g/mol. The Balaban J connectivity index is 2.57. The molecule has 0 saturated carbocycles. The Hall–Kier alpha value is -2.08. The fourth-order valence-corrected chi connectivity index (χ4v) is 1.63. The molecule has 0 spiro atoms. The van der Waals surface area contributed by atoms with Gasteiger partial charge in [0.2, 0.25) is 0 Å². The molecule has 1 unspecified atom stereocenters. The summed E-state index contributed by atoms with van der Waals surface area (Å²) >= 11 is 5.82. The number of ether oxygens (including phenoxy) is 1. The van der Waals surface area contributed by atoms with Crippen molar-refractivity contribution in [1.29, 1.82) is 0 Å². The normalized spacial score (nSPS) is 12.1. The lowest BCUT2D eigenvalue weighted by molar-refractivity contribution is 0.302. The van der Waals surface area contributed by atoms with E-state index in [2.05, 4.69) is 15.0 Å². The van der Waals surface area contributed by atoms with Gasteiger partial charge in [-0.05, 0) is 13.0 Å². The molecule has 1 heterocycles. The maximum atomic E-state index is 5.93. The number of benzene rings is 1. The van der Waals surface area contributed by atoms with E-state index in [1.54, 1.807) is 19.1 Å². The van der Waals surface area contributed by atoms with E-state index in [1.807, 2.05) is 0 Å². The van der Waals surface area contributed by atoms with Crippen LogP contribution in [0.4, 0.5) is 11.4 Å². The van der Waals surface area contributed by atoms with Crippen molar-refractivity contribution < 1.29 is 4.74 Å². The first-order valence-corrected chi connectivity index (χ1v) is 5.63. The number of anilines is 2. The largest absolute Gasteiger partial charge is 0.474 e. The minimum atomic E-state index is -0.521. The lowest BCUT2D eigenvalue weighted by Crippen LogP contribution is -2.07. The van der Waals surface area contributed by atoms with Crippen molar-refractivity contribution in [3.63, 3.8) is 0 Å². The van der Waals surface area contributed by atoms with Crippen LogP contribution >= 0.6 is 11.6 Å². The Morgan fingerprint density at radius 3 is 2.50 bits per heavy atom. The highest BCUT2D eigenvalue weighted by Gasteiger charge is 2.15. The maximum Gasteiger partial charge on any atom is 0.169 e. The van der Waals surface area contributed by atoms with E-state index < -0.39 is 5.56 Å². The Kier molecular flexibility index (Phi) is 3.47. The van der Waals surface area contributed by atoms with Crippen molar-refractivity contribution in [2.45, 2.75) is 12.5 Å². The third-order valence-corrected chi connectivity index (χ3v) is 2.25. The van der Waals surface area contributed by atoms with Crippen molar-refractivity contribution in [1.82, 2.24) is 15.0 Å². The average Bonchev–Trinajstić information content (AvgIpc) is 2.28. The van der Waals surface area contributed by atoms with Gasteiger partial charge >= 0.3 is 0 Å². The van der Waals surface area contributed by atoms with Crippen LogP contribution in [0.15, 0.2) is 24.8 Å². The molecular formula is C11H12ClN5O. The molecule has 4 N–H and O–H groups in total. The van der Waals surface area contributed by atoms with Gasteiger partial charge in [-0.25, -0.2) is 15.0 Å². The molecule has 2 aromatic rings. The fraction of sp³-hybridized carbons (Fsp3) is 0.182. The lowest BCUT2D eigenvalue weighted by Gasteiger charge is -2.14. The summed E-state index contributed by atoms with van der Waals surface area (Å²) in [5.41, 5.74) is 12.6. The summed E-state index contributed by atoms with van der Waals surface area (Å²) in [6.45, 7) is 1.69. The molecule has 1 aromatic heterocycles. The molecule has 0 radical (unpaired) electrons. The van der Waals surface area contributed by atoms with Gasteiger partial charge in [-0.1, -0.05) is 11.6 Å². The average molecular weight is 266 g/mol. The summed E-state index contributed by atoms with van der Waals surface area (Å²) in [6, 6.07) is 3.25. The number of alkyl halides is 1. The molecule has 0 aliphatic heterocycles. The highest BCUT2D eigenvalue weighted by atomic mass is 35.5. The van der Waals surface area contributed by atoms with E-state index in [9.17, 15) is 0 Å². The first kappa shape index (κ1) is 12.4. The molecule has 0 fully saturated rings. The molecule has 6 nitrogen and oxygen atoms in total. The minimum Gasteiger partial charge on any atom is -0.474 e. The summed E-state index contributed by atoms with van der Waals surface area (Å²) < 4.78 is 5.47. The zero-order chi connectivity index (χ0) is 13.1. The van der Waals surface area contributed by atoms with Crippen LogP contribution in [0.2, 0.25) is 0 Å². The van der Waals surface area contributed by atoms with Gasteiger partial charge in [0, 0.05) is 17.4 Å². The first-order valence-electron chi connectivity index (χ1n) is 5.20. The second-order valence-corrected chi connectivity index (χ2v) is 4.22. The van der Waals surface area contributed by atoms with Gasteiger partial charge in [-0.15, -0.1) is 0 Å². The van der Waals surface area contributed by atoms with E-state index in [1.165, 1.54) is 12.7 Å². The van der Waals surface area contributed by atoms with Crippen LogP contribution in [0, 0.1) is 0 Å². The van der Waals surface area contributed by atoms with Gasteiger partial charge in [0.25, 0.3) is 0 Å². The fourth-order valence-electron chi connectivity index (χ4n) is 1.53. The quantitative estimate of drug-likeness (QED) is 0.647. The van der Waals surface area contributed by atoms with Gasteiger partial charge < -0.3 is 16.2 Å². The maximum absolute atomic E-state index is 5.93. The zero-order valence-corrected chi connectivity index (χ0v) is 10.4. The van der Waals surface area contributed by atoms with Crippen molar-refractivity contribution >= 4 is 23.0 Å². The van der Waals surface area contributed by atoms with Crippen LogP contribution in [0.5, 0.6) is 5.75 Å². The second-order valence-electron chi connectivity index (χ2n) is 3.61. The van der Waals surface area contributed by atoms with E-state index in [4.69, 9.17) is 27.8 Å². The molecule has 0 aliphatic rings. The molecule has 1 atom stereocenters. The molecule has 1 aromatic carbocycles. The number of hydrogen-bond donors (Lipinski definition) is 2. The predicted molar refractivity (Wildman–Crippen MR) is 70.0 cm³/mol. The Morgan fingerprint density at radius 1 is 1.22 bits per heavy atom. The van der Waals surface area contributed by atoms with Crippen LogP contribution < -0.4 is 16.2 Å². The number of rotatable bonds is 3. The number of nitrogen functional groups attached to an aromatic ring is 2. The predicted octanol–water partition coefficient (Wildman–Crippen LogP) is 1.67. The van der Waals surface area contributed by atoms with Crippen LogP contribution in [-0.4, -0.2) is 20.5 Å². The van der Waals surface area contributed by atoms with Crippen LogP contribution in [0.1, 0.15) is 6.92 Å². The third-order valence-electron chi connectivity index (χ3n) is 2.16. The second kappa shape index (κ2) is 5.05. The molecule has 0 bridgehead atoms. The van der Waals surface area contributed by atoms with Crippen LogP contribution in [0.25, 0.3) is 11.4 Å². The standard InChI is InChI=1S/C11H12ClN5O/c1-6(12)18-9-3-7(13)2-8(14)10(9)11-16-4-15-5-17-11/h2-6H,13-14H2,1H3. The van der Waals surface area contributed by atoms with E-state index >= 15 is 0 Å². The molecule has 2 rings (SSSR count). The van der Waals surface area contributed by atoms with Crippen molar-refractivity contribution in [2.24, 2.45) is 0 Å².